The van der Waals surface area contributed by atoms with Crippen LogP contribution in [0.25, 0.3) is 11.1 Å². The van der Waals surface area contributed by atoms with E-state index >= 15 is 0 Å². The van der Waals surface area contributed by atoms with Gasteiger partial charge in [0.25, 0.3) is 0 Å². The summed E-state index contributed by atoms with van der Waals surface area (Å²) >= 11 is 0. The van der Waals surface area contributed by atoms with E-state index in [4.69, 9.17) is 7.15 Å². The number of nitrogens with two attached hydrogens (primary N) is 1. The van der Waals surface area contributed by atoms with E-state index < -0.39 is 0 Å². The van der Waals surface area contributed by atoms with E-state index in [0.717, 1.165) is 60.6 Å². The second-order valence-corrected chi connectivity index (χ2v) is 9.80. The number of allylic oxidation sites excluding steroid dienone is 1. The number of anilines is 2. The van der Waals surface area contributed by atoms with Crippen LogP contribution in [0.4, 0.5) is 11.4 Å². The number of aliphatic hydroxyl groups excluding tert-OH is 1. The Labute approximate surface area is 222 Å². The molecule has 1 aliphatic rings. The maximum absolute atomic E-state index is 9.68. The van der Waals surface area contributed by atoms with Gasteiger partial charge in [0.05, 0.1) is 0 Å². The fourth-order valence-electron chi connectivity index (χ4n) is 5.03. The first-order chi connectivity index (χ1) is 18.5. The molecule has 1 fully saturated rings. The Bertz CT molecular complexity index is 1220. The van der Waals surface area contributed by atoms with E-state index in [-0.39, 0.29) is 12.6 Å². The summed E-state index contributed by atoms with van der Waals surface area (Å²) in [6, 6.07) is 27.9. The Morgan fingerprint density at radius 3 is 2.11 bits per heavy atom. The van der Waals surface area contributed by atoms with Gasteiger partial charge in [-0.1, -0.05) is 54.6 Å². The standard InChI is InChI=1S/C31H39N5O/c1-23(2)35-18-20-36(21-19-35)28-16-12-26(13-17-28)30(25-10-14-27(15-11-25)34-31(32)33)29(9-6-22-37)24-7-4-3-5-8-24/h3-5,7-8,10-17,23,37H,6,9,18-22H2,1-2H3,(H4,32,33,34). The van der Waals surface area contributed by atoms with Crippen molar-refractivity contribution in [3.8, 4) is 0 Å². The number of hydrogen-bond acceptors (Lipinski definition) is 4. The van der Waals surface area contributed by atoms with Crippen LogP contribution in [-0.4, -0.2) is 54.8 Å². The average Bonchev–Trinajstić information content (AvgIpc) is 2.96. The van der Waals surface area contributed by atoms with Gasteiger partial charge in [0.1, 0.15) is 0 Å². The fraction of sp³-hybridized carbons (Fsp3) is 0.323. The molecule has 1 heterocycles. The fourth-order valence-corrected chi connectivity index (χ4v) is 5.03. The van der Waals surface area contributed by atoms with Crippen molar-refractivity contribution in [3.63, 3.8) is 0 Å². The lowest BCUT2D eigenvalue weighted by Gasteiger charge is -2.38. The summed E-state index contributed by atoms with van der Waals surface area (Å²) in [4.78, 5) is 5.00. The van der Waals surface area contributed by atoms with Crippen molar-refractivity contribution in [1.82, 2.24) is 4.90 Å². The minimum absolute atomic E-state index is 0.0475. The molecule has 0 atom stereocenters. The molecule has 194 valence electrons. The van der Waals surface area contributed by atoms with Crippen molar-refractivity contribution in [3.05, 3.63) is 95.6 Å². The lowest BCUT2D eigenvalue weighted by Crippen LogP contribution is -2.48. The van der Waals surface area contributed by atoms with E-state index in [1.54, 1.807) is 0 Å². The third-order valence-corrected chi connectivity index (χ3v) is 7.02. The summed E-state index contributed by atoms with van der Waals surface area (Å²) in [5.74, 6) is 0.0475. The predicted molar refractivity (Wildman–Crippen MR) is 156 cm³/mol. The number of benzene rings is 3. The zero-order valence-electron chi connectivity index (χ0n) is 22.9. The molecule has 0 spiro atoms. The summed E-state index contributed by atoms with van der Waals surface area (Å²) in [6.07, 6.45) is 1.44. The van der Waals surface area contributed by atoms with Crippen LogP contribution in [0.15, 0.2) is 78.9 Å². The predicted octanol–water partition coefficient (Wildman–Crippen LogP) is 5.25. The maximum Gasteiger partial charge on any atom is 0.191 e. The number of rotatable bonds is 9. The quantitative estimate of drug-likeness (QED) is 0.184. The molecule has 0 amide bonds. The first-order valence-corrected chi connectivity index (χ1v) is 13.1. The average molecular weight is 498 g/mol. The van der Waals surface area contributed by atoms with E-state index in [9.17, 15) is 5.11 Å². The van der Waals surface area contributed by atoms with Crippen molar-refractivity contribution in [1.29, 1.82) is 5.40 Å². The van der Waals surface area contributed by atoms with Crippen molar-refractivity contribution < 1.29 is 6.52 Å². The molecule has 0 radical (unpaired) electrons. The van der Waals surface area contributed by atoms with Crippen molar-refractivity contribution >= 4 is 28.5 Å². The van der Waals surface area contributed by atoms with Crippen LogP contribution in [0.1, 0.15) is 43.4 Å². The topological polar surface area (TPSA) is 88.6 Å². The third-order valence-electron chi connectivity index (χ3n) is 7.02. The number of guanidine groups is 1. The zero-order valence-corrected chi connectivity index (χ0v) is 21.9. The molecule has 3 aromatic carbocycles. The Hall–Kier alpha value is -3.61. The Balaban J connectivity index is 1.72. The number of piperazine rings is 1. The highest BCUT2D eigenvalue weighted by Crippen LogP contribution is 2.36. The normalized spacial score (nSPS) is 15.9. The van der Waals surface area contributed by atoms with Crippen molar-refractivity contribution in [2.24, 2.45) is 5.73 Å². The zero-order chi connectivity index (χ0) is 26.9. The Morgan fingerprint density at radius 1 is 0.919 bits per heavy atom. The maximum atomic E-state index is 9.68. The third kappa shape index (κ3) is 6.79. The Kier molecular flexibility index (Phi) is 8.51. The molecule has 0 aliphatic carbocycles. The van der Waals surface area contributed by atoms with Crippen LogP contribution in [-0.2, 0) is 0 Å². The van der Waals surface area contributed by atoms with Crippen LogP contribution in [0.5, 0.6) is 0 Å². The molecule has 6 nitrogen and oxygen atoms in total. The summed E-state index contributed by atoms with van der Waals surface area (Å²) in [5, 5.41) is 15.9. The van der Waals surface area contributed by atoms with Crippen LogP contribution in [0, 0.1) is 5.40 Å². The van der Waals surface area contributed by atoms with Gasteiger partial charge in [0.15, 0.2) is 7.37 Å². The number of hydrogen-bond donors (Lipinski definition) is 4. The molecule has 0 aromatic heterocycles. The Morgan fingerprint density at radius 2 is 1.54 bits per heavy atom. The van der Waals surface area contributed by atoms with Gasteiger partial charge in [-0.05, 0) is 78.8 Å². The summed E-state index contributed by atoms with van der Waals surface area (Å²) in [5.41, 5.74) is 13.4. The van der Waals surface area contributed by atoms with Gasteiger partial charge in [-0.3, -0.25) is 10.3 Å². The summed E-state index contributed by atoms with van der Waals surface area (Å²) < 4.78 is 7.08. The second kappa shape index (κ2) is 12.6. The number of aliphatic hydroxyl groups is 1. The smallest absolute Gasteiger partial charge is 0.191 e. The molecular formula is C31H39N5O. The monoisotopic (exact) mass is 497 g/mol. The van der Waals surface area contributed by atoms with E-state index in [1.807, 2.05) is 18.2 Å². The highest BCUT2D eigenvalue weighted by atomic mass is 16.2. The minimum Gasteiger partial charge on any atom is -0.396 e. The van der Waals surface area contributed by atoms with Crippen molar-refractivity contribution in [2.45, 2.75) is 32.7 Å². The SMILES string of the molecule is [H]/N=C(/N)Nc1ccc(C(=C(CCCO)c2ccccc2)c2ccc(N3CCN(C(C)C)CC3)cc2)cc1. The van der Waals surface area contributed by atoms with Crippen LogP contribution in [0.2, 0.25) is 1.41 Å². The number of nitrogens with zero attached hydrogens (tertiary/aromatic N) is 2. The number of nitrogens with one attached hydrogen (secondary N) is 2. The van der Waals surface area contributed by atoms with E-state index in [2.05, 4.69) is 95.0 Å². The highest BCUT2D eigenvalue weighted by molar-refractivity contribution is 5.99. The lowest BCUT2D eigenvalue weighted by molar-refractivity contribution is 0.209. The van der Waals surface area contributed by atoms with Gasteiger partial charge < -0.3 is 21.1 Å². The minimum atomic E-state index is 0.0475. The molecule has 6 heteroatoms. The molecule has 0 unspecified atom stereocenters. The van der Waals surface area contributed by atoms with Crippen molar-refractivity contribution in [2.75, 3.05) is 43.0 Å². The van der Waals surface area contributed by atoms with Gasteiger partial charge in [-0.2, -0.15) is 0 Å². The first-order valence-electron chi connectivity index (χ1n) is 13.6. The first kappa shape index (κ1) is 25.1. The molecule has 1 saturated heterocycles. The summed E-state index contributed by atoms with van der Waals surface area (Å²) in [7, 11) is 0. The molecule has 0 bridgehead atoms. The second-order valence-electron chi connectivity index (χ2n) is 9.80. The van der Waals surface area contributed by atoms with Gasteiger partial charge in [0.2, 0.25) is 0 Å². The van der Waals surface area contributed by atoms with Gasteiger partial charge in [-0.15, -0.1) is 0 Å². The molecule has 1 aliphatic heterocycles. The molecule has 37 heavy (non-hydrogen) atoms. The van der Waals surface area contributed by atoms with Crippen LogP contribution >= 0.6 is 0 Å². The molecule has 0 saturated carbocycles. The highest BCUT2D eigenvalue weighted by Gasteiger charge is 2.20. The molecule has 3 aromatic rings. The van der Waals surface area contributed by atoms with E-state index in [0.29, 0.717) is 12.5 Å². The van der Waals surface area contributed by atoms with Gasteiger partial charge in [-0.25, -0.2) is 0 Å². The van der Waals surface area contributed by atoms with Crippen LogP contribution < -0.4 is 16.0 Å². The largest absolute Gasteiger partial charge is 0.396 e. The van der Waals surface area contributed by atoms with Crippen LogP contribution in [0.3, 0.4) is 0 Å². The summed E-state index contributed by atoms with van der Waals surface area (Å²) in [6.45, 7) is 8.90. The molecule has 5 N–H and O–H groups in total. The lowest BCUT2D eigenvalue weighted by atomic mass is 9.87. The van der Waals surface area contributed by atoms with E-state index in [1.165, 1.54) is 11.3 Å². The molecular weight excluding hydrogens is 458 g/mol. The molecule has 4 rings (SSSR count). The van der Waals surface area contributed by atoms with Gasteiger partial charge >= 0.3 is 0 Å². The van der Waals surface area contributed by atoms with Gasteiger partial charge in [0, 0.05) is 50.2 Å².